The normalized spacial score (nSPS) is 11.5. The highest BCUT2D eigenvalue weighted by atomic mass is 35.5. The smallest absolute Gasteiger partial charge is 0.340 e. The summed E-state index contributed by atoms with van der Waals surface area (Å²) in [5, 5.41) is 13.6. The lowest BCUT2D eigenvalue weighted by molar-refractivity contribution is -0.384. The second-order valence-electron chi connectivity index (χ2n) is 4.97. The van der Waals surface area contributed by atoms with E-state index in [9.17, 15) is 19.7 Å². The molecule has 0 fully saturated rings. The van der Waals surface area contributed by atoms with Crippen LogP contribution in [0.5, 0.6) is 0 Å². The molecule has 2 aromatic rings. The molecule has 1 atom stereocenters. The first kappa shape index (κ1) is 18.7. The Morgan fingerprint density at radius 3 is 2.60 bits per heavy atom. The Labute approximate surface area is 152 Å². The van der Waals surface area contributed by atoms with Crippen molar-refractivity contribution in [3.63, 3.8) is 0 Å². The Bertz CT molecular complexity index is 841. The Balaban J connectivity index is 2.05. The first-order valence-electron chi connectivity index (χ1n) is 6.99. The van der Waals surface area contributed by atoms with Crippen LogP contribution in [-0.4, -0.2) is 22.9 Å². The molecule has 0 spiro atoms. The van der Waals surface area contributed by atoms with E-state index < -0.39 is 22.9 Å². The van der Waals surface area contributed by atoms with Gasteiger partial charge in [0, 0.05) is 22.8 Å². The van der Waals surface area contributed by atoms with Crippen molar-refractivity contribution in [3.05, 3.63) is 68.2 Å². The van der Waals surface area contributed by atoms with E-state index in [1.165, 1.54) is 49.4 Å². The lowest BCUT2D eigenvalue weighted by Crippen LogP contribution is -2.30. The Morgan fingerprint density at radius 2 is 1.92 bits per heavy atom. The molecule has 0 aliphatic carbocycles. The predicted octanol–water partition coefficient (Wildman–Crippen LogP) is 4.09. The number of anilines is 1. The van der Waals surface area contributed by atoms with Crippen LogP contribution in [0.15, 0.2) is 42.5 Å². The third-order valence-electron chi connectivity index (χ3n) is 3.13. The van der Waals surface area contributed by atoms with Gasteiger partial charge in [0.15, 0.2) is 6.10 Å². The number of nitro benzene ring substituents is 1. The van der Waals surface area contributed by atoms with Crippen LogP contribution in [0.3, 0.4) is 0 Å². The summed E-state index contributed by atoms with van der Waals surface area (Å²) in [7, 11) is 0. The van der Waals surface area contributed by atoms with Crippen LogP contribution in [0, 0.1) is 10.1 Å². The number of hydrogen-bond acceptors (Lipinski definition) is 5. The SMILES string of the molecule is C[C@@H](OC(=O)c1cc(Cl)ccc1Cl)C(=O)Nc1cccc([N+](=O)[O-])c1. The van der Waals surface area contributed by atoms with Gasteiger partial charge in [0.05, 0.1) is 15.5 Å². The number of hydrogen-bond donors (Lipinski definition) is 1. The van der Waals surface area contributed by atoms with Gasteiger partial charge >= 0.3 is 5.97 Å². The molecule has 0 aliphatic heterocycles. The predicted molar refractivity (Wildman–Crippen MR) is 93.1 cm³/mol. The fourth-order valence-electron chi connectivity index (χ4n) is 1.87. The summed E-state index contributed by atoms with van der Waals surface area (Å²) >= 11 is 11.7. The second kappa shape index (κ2) is 7.96. The van der Waals surface area contributed by atoms with E-state index in [0.717, 1.165) is 0 Å². The van der Waals surface area contributed by atoms with E-state index in [4.69, 9.17) is 27.9 Å². The molecule has 0 unspecified atom stereocenters. The summed E-state index contributed by atoms with van der Waals surface area (Å²) in [6, 6.07) is 9.68. The maximum Gasteiger partial charge on any atom is 0.340 e. The minimum absolute atomic E-state index is 0.0316. The number of nitro groups is 1. The van der Waals surface area contributed by atoms with Gasteiger partial charge in [0.1, 0.15) is 0 Å². The zero-order chi connectivity index (χ0) is 18.6. The van der Waals surface area contributed by atoms with Gasteiger partial charge in [0.25, 0.3) is 11.6 Å². The van der Waals surface area contributed by atoms with Crippen molar-refractivity contribution >= 4 is 46.5 Å². The molecule has 25 heavy (non-hydrogen) atoms. The van der Waals surface area contributed by atoms with Crippen molar-refractivity contribution in [1.29, 1.82) is 0 Å². The van der Waals surface area contributed by atoms with Gasteiger partial charge in [-0.25, -0.2) is 4.79 Å². The number of ether oxygens (including phenoxy) is 1. The van der Waals surface area contributed by atoms with E-state index in [1.807, 2.05) is 0 Å². The zero-order valence-electron chi connectivity index (χ0n) is 12.9. The molecular formula is C16H12Cl2N2O5. The molecule has 0 radical (unpaired) electrons. The van der Waals surface area contributed by atoms with Crippen molar-refractivity contribution in [1.82, 2.24) is 0 Å². The molecule has 1 N–H and O–H groups in total. The average Bonchev–Trinajstić information content (AvgIpc) is 2.57. The van der Waals surface area contributed by atoms with E-state index in [2.05, 4.69) is 5.32 Å². The molecule has 0 heterocycles. The number of nitrogens with one attached hydrogen (secondary N) is 1. The molecular weight excluding hydrogens is 371 g/mol. The number of nitrogens with zero attached hydrogens (tertiary/aromatic N) is 1. The third-order valence-corrected chi connectivity index (χ3v) is 3.69. The van der Waals surface area contributed by atoms with Gasteiger partial charge in [-0.15, -0.1) is 0 Å². The maximum absolute atomic E-state index is 12.1. The lowest BCUT2D eigenvalue weighted by atomic mass is 10.2. The van der Waals surface area contributed by atoms with Gasteiger partial charge in [-0.2, -0.15) is 0 Å². The van der Waals surface area contributed by atoms with Crippen LogP contribution in [-0.2, 0) is 9.53 Å². The number of carbonyl (C=O) groups is 2. The Morgan fingerprint density at radius 1 is 1.20 bits per heavy atom. The molecule has 0 aromatic heterocycles. The number of halogens is 2. The fourth-order valence-corrected chi connectivity index (χ4v) is 2.24. The van der Waals surface area contributed by atoms with E-state index in [1.54, 1.807) is 0 Å². The maximum atomic E-state index is 12.1. The molecule has 2 rings (SSSR count). The highest BCUT2D eigenvalue weighted by Crippen LogP contribution is 2.22. The molecule has 0 saturated carbocycles. The number of benzene rings is 2. The molecule has 0 aliphatic rings. The van der Waals surface area contributed by atoms with Crippen LogP contribution in [0.1, 0.15) is 17.3 Å². The largest absolute Gasteiger partial charge is 0.449 e. The van der Waals surface area contributed by atoms with Crippen LogP contribution < -0.4 is 5.32 Å². The van der Waals surface area contributed by atoms with E-state index >= 15 is 0 Å². The molecule has 7 nitrogen and oxygen atoms in total. The van der Waals surface area contributed by atoms with Gasteiger partial charge in [-0.05, 0) is 31.2 Å². The minimum Gasteiger partial charge on any atom is -0.449 e. The number of esters is 1. The highest BCUT2D eigenvalue weighted by molar-refractivity contribution is 6.35. The van der Waals surface area contributed by atoms with Gasteiger partial charge < -0.3 is 10.1 Å². The minimum atomic E-state index is -1.15. The molecule has 130 valence electrons. The van der Waals surface area contributed by atoms with E-state index in [0.29, 0.717) is 5.02 Å². The van der Waals surface area contributed by atoms with Crippen LogP contribution in [0.25, 0.3) is 0 Å². The van der Waals surface area contributed by atoms with Gasteiger partial charge in [-0.3, -0.25) is 14.9 Å². The zero-order valence-corrected chi connectivity index (χ0v) is 14.4. The number of rotatable bonds is 5. The monoisotopic (exact) mass is 382 g/mol. The summed E-state index contributed by atoms with van der Waals surface area (Å²) < 4.78 is 5.06. The first-order chi connectivity index (χ1) is 11.8. The molecule has 0 saturated heterocycles. The van der Waals surface area contributed by atoms with Gasteiger partial charge in [0.2, 0.25) is 0 Å². The Kier molecular flexibility index (Phi) is 5.95. The topological polar surface area (TPSA) is 98.5 Å². The second-order valence-corrected chi connectivity index (χ2v) is 5.81. The van der Waals surface area contributed by atoms with Crippen LogP contribution in [0.4, 0.5) is 11.4 Å². The molecule has 2 aromatic carbocycles. The quantitative estimate of drug-likeness (QED) is 0.477. The van der Waals surface area contributed by atoms with Crippen molar-refractivity contribution in [3.8, 4) is 0 Å². The molecule has 0 bridgehead atoms. The van der Waals surface area contributed by atoms with E-state index in [-0.39, 0.29) is 22.0 Å². The summed E-state index contributed by atoms with van der Waals surface area (Å²) in [4.78, 5) is 34.3. The Hall–Kier alpha value is -2.64. The van der Waals surface area contributed by atoms with Crippen molar-refractivity contribution in [2.24, 2.45) is 0 Å². The summed E-state index contributed by atoms with van der Waals surface area (Å²) in [5.74, 6) is -1.46. The molecule has 9 heteroatoms. The highest BCUT2D eigenvalue weighted by Gasteiger charge is 2.21. The van der Waals surface area contributed by atoms with Gasteiger partial charge in [-0.1, -0.05) is 29.3 Å². The fraction of sp³-hybridized carbons (Fsp3) is 0.125. The number of carbonyl (C=O) groups excluding carboxylic acids is 2. The van der Waals surface area contributed by atoms with Crippen LogP contribution in [0.2, 0.25) is 10.0 Å². The standard InChI is InChI=1S/C16H12Cl2N2O5/c1-9(25-16(22)13-7-10(17)5-6-14(13)18)15(21)19-11-3-2-4-12(8-11)20(23)24/h2-9H,1H3,(H,19,21)/t9-/m1/s1. The summed E-state index contributed by atoms with van der Waals surface area (Å²) in [6.07, 6.45) is -1.15. The van der Waals surface area contributed by atoms with Crippen molar-refractivity contribution < 1.29 is 19.2 Å². The summed E-state index contributed by atoms with van der Waals surface area (Å²) in [6.45, 7) is 1.36. The number of amides is 1. The third kappa shape index (κ3) is 4.91. The summed E-state index contributed by atoms with van der Waals surface area (Å²) in [5.41, 5.74) is 0.0696. The van der Waals surface area contributed by atoms with Crippen LogP contribution >= 0.6 is 23.2 Å². The van der Waals surface area contributed by atoms with Crippen molar-refractivity contribution in [2.75, 3.05) is 5.32 Å². The average molecular weight is 383 g/mol. The molecule has 1 amide bonds. The van der Waals surface area contributed by atoms with Crippen molar-refractivity contribution in [2.45, 2.75) is 13.0 Å². The number of non-ortho nitro benzene ring substituents is 1. The first-order valence-corrected chi connectivity index (χ1v) is 7.75. The lowest BCUT2D eigenvalue weighted by Gasteiger charge is -2.14.